The van der Waals surface area contributed by atoms with Gasteiger partial charge in [0.25, 0.3) is 5.91 Å². The molecule has 128 valence electrons. The molecule has 7 heteroatoms. The zero-order valence-corrected chi connectivity index (χ0v) is 14.3. The molecule has 0 aromatic heterocycles. The molecule has 0 saturated heterocycles. The number of aryl methyl sites for hydroxylation is 1. The Labute approximate surface area is 141 Å². The number of hydrogen-bond donors (Lipinski definition) is 2. The van der Waals surface area contributed by atoms with Gasteiger partial charge in [0.15, 0.2) is 0 Å². The molecule has 5 nitrogen and oxygen atoms in total. The highest BCUT2D eigenvalue weighted by molar-refractivity contribution is 7.88. The van der Waals surface area contributed by atoms with Gasteiger partial charge in [0.1, 0.15) is 5.82 Å². The van der Waals surface area contributed by atoms with Crippen LogP contribution in [0.2, 0.25) is 0 Å². The second kappa shape index (κ2) is 7.55. The number of carbonyl (C=O) groups is 1. The van der Waals surface area contributed by atoms with E-state index in [0.29, 0.717) is 16.7 Å². The standard InChI is InChI=1S/C17H19FN2O3S/c1-12-3-8-15(18)9-16(12)17(21)20-10-13-4-6-14(7-5-13)11-24(22,23)19-2/h3-9,19H,10-11H2,1-2H3,(H,20,21). The van der Waals surface area contributed by atoms with E-state index < -0.39 is 15.8 Å². The molecule has 24 heavy (non-hydrogen) atoms. The number of halogens is 1. The summed E-state index contributed by atoms with van der Waals surface area (Å²) >= 11 is 0. The van der Waals surface area contributed by atoms with Crippen molar-refractivity contribution in [2.45, 2.75) is 19.2 Å². The topological polar surface area (TPSA) is 75.3 Å². The summed E-state index contributed by atoms with van der Waals surface area (Å²) in [5.74, 6) is -0.909. The first-order valence-corrected chi connectivity index (χ1v) is 8.99. The maximum atomic E-state index is 13.2. The molecule has 2 rings (SSSR count). The fourth-order valence-corrected chi connectivity index (χ4v) is 2.94. The fraction of sp³-hybridized carbons (Fsp3) is 0.235. The van der Waals surface area contributed by atoms with Gasteiger partial charge in [-0.2, -0.15) is 0 Å². The van der Waals surface area contributed by atoms with Crippen molar-refractivity contribution in [3.05, 3.63) is 70.5 Å². The molecule has 0 spiro atoms. The lowest BCUT2D eigenvalue weighted by Gasteiger charge is -2.09. The number of sulfonamides is 1. The Morgan fingerprint density at radius 1 is 1.08 bits per heavy atom. The van der Waals surface area contributed by atoms with E-state index in [1.807, 2.05) is 0 Å². The van der Waals surface area contributed by atoms with Crippen LogP contribution in [-0.2, 0) is 22.3 Å². The van der Waals surface area contributed by atoms with Crippen molar-refractivity contribution in [3.8, 4) is 0 Å². The summed E-state index contributed by atoms with van der Waals surface area (Å²) in [6.07, 6.45) is 0. The Kier molecular flexibility index (Phi) is 5.69. The number of hydrogen-bond acceptors (Lipinski definition) is 3. The van der Waals surface area contributed by atoms with Crippen LogP contribution in [0.4, 0.5) is 4.39 Å². The molecule has 0 heterocycles. The average molecular weight is 350 g/mol. The first-order chi connectivity index (χ1) is 11.3. The number of benzene rings is 2. The summed E-state index contributed by atoms with van der Waals surface area (Å²) in [4.78, 5) is 12.1. The van der Waals surface area contributed by atoms with Crippen LogP contribution < -0.4 is 10.0 Å². The van der Waals surface area contributed by atoms with Crippen molar-refractivity contribution in [1.82, 2.24) is 10.0 Å². The minimum Gasteiger partial charge on any atom is -0.348 e. The lowest BCUT2D eigenvalue weighted by Crippen LogP contribution is -2.24. The molecule has 0 atom stereocenters. The van der Waals surface area contributed by atoms with Gasteiger partial charge in [0.2, 0.25) is 10.0 Å². The second-order valence-electron chi connectivity index (χ2n) is 5.42. The van der Waals surface area contributed by atoms with E-state index in [1.54, 1.807) is 37.3 Å². The third-order valence-corrected chi connectivity index (χ3v) is 4.92. The zero-order chi connectivity index (χ0) is 17.7. The molecule has 0 saturated carbocycles. The van der Waals surface area contributed by atoms with Gasteiger partial charge in [-0.15, -0.1) is 0 Å². The van der Waals surface area contributed by atoms with E-state index in [9.17, 15) is 17.6 Å². The van der Waals surface area contributed by atoms with Crippen molar-refractivity contribution in [1.29, 1.82) is 0 Å². The first-order valence-electron chi connectivity index (χ1n) is 7.34. The highest BCUT2D eigenvalue weighted by Gasteiger charge is 2.11. The number of rotatable bonds is 6. The molecule has 0 fully saturated rings. The highest BCUT2D eigenvalue weighted by atomic mass is 32.2. The zero-order valence-electron chi connectivity index (χ0n) is 13.5. The van der Waals surface area contributed by atoms with Crippen molar-refractivity contribution in [3.63, 3.8) is 0 Å². The van der Waals surface area contributed by atoms with E-state index >= 15 is 0 Å². The fourth-order valence-electron chi connectivity index (χ4n) is 2.16. The monoisotopic (exact) mass is 350 g/mol. The lowest BCUT2D eigenvalue weighted by molar-refractivity contribution is 0.0950. The number of nitrogens with one attached hydrogen (secondary N) is 2. The number of carbonyl (C=O) groups excluding carboxylic acids is 1. The molecule has 2 aromatic carbocycles. The Hall–Kier alpha value is -2.25. The smallest absolute Gasteiger partial charge is 0.251 e. The van der Waals surface area contributed by atoms with E-state index in [2.05, 4.69) is 10.0 Å². The predicted molar refractivity (Wildman–Crippen MR) is 90.4 cm³/mol. The molecular formula is C17H19FN2O3S. The molecule has 0 aliphatic rings. The van der Waals surface area contributed by atoms with Gasteiger partial charge in [-0.1, -0.05) is 30.3 Å². The summed E-state index contributed by atoms with van der Waals surface area (Å²) in [5.41, 5.74) is 2.47. The van der Waals surface area contributed by atoms with Crippen LogP contribution in [0.25, 0.3) is 0 Å². The van der Waals surface area contributed by atoms with E-state index in [0.717, 1.165) is 5.56 Å². The molecule has 0 unspecified atom stereocenters. The predicted octanol–water partition coefficient (Wildman–Crippen LogP) is 2.11. The van der Waals surface area contributed by atoms with Crippen LogP contribution >= 0.6 is 0 Å². The van der Waals surface area contributed by atoms with Gasteiger partial charge >= 0.3 is 0 Å². The van der Waals surface area contributed by atoms with Gasteiger partial charge in [-0.25, -0.2) is 17.5 Å². The maximum Gasteiger partial charge on any atom is 0.251 e. The van der Waals surface area contributed by atoms with Crippen LogP contribution in [0.5, 0.6) is 0 Å². The van der Waals surface area contributed by atoms with Crippen molar-refractivity contribution in [2.24, 2.45) is 0 Å². The highest BCUT2D eigenvalue weighted by Crippen LogP contribution is 2.11. The summed E-state index contributed by atoms with van der Waals surface area (Å²) in [5, 5.41) is 2.73. The third kappa shape index (κ3) is 4.87. The van der Waals surface area contributed by atoms with Crippen LogP contribution in [0.15, 0.2) is 42.5 Å². The van der Waals surface area contributed by atoms with Gasteiger partial charge < -0.3 is 5.32 Å². The van der Waals surface area contributed by atoms with Crippen LogP contribution in [0.3, 0.4) is 0 Å². The van der Waals surface area contributed by atoms with E-state index in [1.165, 1.54) is 19.2 Å². The van der Waals surface area contributed by atoms with Crippen molar-refractivity contribution >= 4 is 15.9 Å². The van der Waals surface area contributed by atoms with E-state index in [4.69, 9.17) is 0 Å². The molecular weight excluding hydrogens is 331 g/mol. The minimum atomic E-state index is -3.31. The molecule has 0 bridgehead atoms. The van der Waals surface area contributed by atoms with Gasteiger partial charge in [0.05, 0.1) is 5.75 Å². The van der Waals surface area contributed by atoms with Crippen LogP contribution in [0, 0.1) is 12.7 Å². The Morgan fingerprint density at radius 2 is 1.71 bits per heavy atom. The maximum absolute atomic E-state index is 13.2. The molecule has 0 aliphatic heterocycles. The summed E-state index contributed by atoms with van der Waals surface area (Å²) in [6, 6.07) is 11.0. The van der Waals surface area contributed by atoms with Crippen LogP contribution in [-0.4, -0.2) is 21.4 Å². The second-order valence-corrected chi connectivity index (χ2v) is 7.35. The summed E-state index contributed by atoms with van der Waals surface area (Å²) in [6.45, 7) is 2.01. The lowest BCUT2D eigenvalue weighted by atomic mass is 10.1. The molecule has 2 aromatic rings. The minimum absolute atomic E-state index is 0.0986. The van der Waals surface area contributed by atoms with Crippen LogP contribution in [0.1, 0.15) is 27.0 Å². The van der Waals surface area contributed by atoms with Crippen molar-refractivity contribution in [2.75, 3.05) is 7.05 Å². The molecule has 2 N–H and O–H groups in total. The van der Waals surface area contributed by atoms with Gasteiger partial charge in [-0.3, -0.25) is 4.79 Å². The Bertz CT molecular complexity index is 833. The molecule has 0 aliphatic carbocycles. The quantitative estimate of drug-likeness (QED) is 0.838. The third-order valence-electron chi connectivity index (χ3n) is 3.59. The SMILES string of the molecule is CNS(=O)(=O)Cc1ccc(CNC(=O)c2cc(F)ccc2C)cc1. The first kappa shape index (κ1) is 18.1. The van der Waals surface area contributed by atoms with Gasteiger partial charge in [0, 0.05) is 12.1 Å². The largest absolute Gasteiger partial charge is 0.348 e. The van der Waals surface area contributed by atoms with E-state index in [-0.39, 0.29) is 18.2 Å². The van der Waals surface area contributed by atoms with Gasteiger partial charge in [-0.05, 0) is 42.8 Å². The summed E-state index contributed by atoms with van der Waals surface area (Å²) in [7, 11) is -1.94. The normalized spacial score (nSPS) is 11.3. The Balaban J connectivity index is 1.99. The number of amides is 1. The summed E-state index contributed by atoms with van der Waals surface area (Å²) < 4.78 is 38.5. The Morgan fingerprint density at radius 3 is 2.33 bits per heavy atom. The average Bonchev–Trinajstić information content (AvgIpc) is 2.56. The van der Waals surface area contributed by atoms with Crippen molar-refractivity contribution < 1.29 is 17.6 Å². The molecule has 1 amide bonds. The molecule has 0 radical (unpaired) electrons.